The molecule has 196 valence electrons. The molecule has 2 aromatic rings. The third-order valence-electron chi connectivity index (χ3n) is 7.33. The summed E-state index contributed by atoms with van der Waals surface area (Å²) in [6.07, 6.45) is -1.37. The second-order valence-corrected chi connectivity index (χ2v) is 10.1. The molecule has 1 amide bonds. The van der Waals surface area contributed by atoms with Gasteiger partial charge in [-0.05, 0) is 45.1 Å². The molecule has 5 rings (SSSR count). The Morgan fingerprint density at radius 1 is 1.25 bits per heavy atom. The molecule has 1 aromatic heterocycles. The molecule has 36 heavy (non-hydrogen) atoms. The lowest BCUT2D eigenvalue weighted by Gasteiger charge is -2.45. The second kappa shape index (κ2) is 8.82. The SMILES string of the molecule is COC1(C)CN(c2nc(C(=O)Nc3cc(O)c(N4C5CCCC4CC5)c(F)c3)c(CC(F)(F)F)o2)C1. The minimum atomic E-state index is -4.64. The number of ether oxygens (including phenoxy) is 1. The first-order chi connectivity index (χ1) is 17.0. The van der Waals surface area contributed by atoms with Crippen molar-refractivity contribution < 1.29 is 36.6 Å². The van der Waals surface area contributed by atoms with Crippen molar-refractivity contribution in [3.8, 4) is 5.75 Å². The maximum atomic E-state index is 15.1. The van der Waals surface area contributed by atoms with Crippen LogP contribution in [0.4, 0.5) is 35.0 Å². The van der Waals surface area contributed by atoms with Crippen molar-refractivity contribution in [1.82, 2.24) is 4.98 Å². The van der Waals surface area contributed by atoms with E-state index in [0.717, 1.165) is 38.2 Å². The van der Waals surface area contributed by atoms with Gasteiger partial charge >= 0.3 is 6.18 Å². The van der Waals surface area contributed by atoms with Crippen molar-refractivity contribution >= 4 is 23.3 Å². The number of amides is 1. The number of fused-ring (bicyclic) bond motifs is 2. The number of rotatable bonds is 6. The van der Waals surface area contributed by atoms with Crippen LogP contribution in [0.1, 0.15) is 55.3 Å². The van der Waals surface area contributed by atoms with Crippen molar-refractivity contribution in [3.05, 3.63) is 29.4 Å². The maximum absolute atomic E-state index is 15.1. The van der Waals surface area contributed by atoms with Crippen LogP contribution in [0, 0.1) is 5.82 Å². The number of halogens is 4. The normalized spacial score (nSPS) is 23.1. The van der Waals surface area contributed by atoms with Gasteiger partial charge < -0.3 is 29.4 Å². The summed E-state index contributed by atoms with van der Waals surface area (Å²) in [7, 11) is 1.52. The van der Waals surface area contributed by atoms with E-state index >= 15 is 4.39 Å². The molecule has 0 spiro atoms. The van der Waals surface area contributed by atoms with Crippen LogP contribution in [-0.2, 0) is 11.2 Å². The number of phenolic OH excluding ortho intramolecular Hbond substituents is 1. The van der Waals surface area contributed by atoms with Crippen LogP contribution < -0.4 is 15.1 Å². The van der Waals surface area contributed by atoms with E-state index in [2.05, 4.69) is 10.3 Å². The van der Waals surface area contributed by atoms with E-state index in [1.165, 1.54) is 13.2 Å². The molecule has 0 aliphatic carbocycles. The van der Waals surface area contributed by atoms with Crippen molar-refractivity contribution in [3.63, 3.8) is 0 Å². The van der Waals surface area contributed by atoms with Crippen LogP contribution in [0.5, 0.6) is 5.75 Å². The molecule has 2 atom stereocenters. The van der Waals surface area contributed by atoms with E-state index in [-0.39, 0.29) is 35.2 Å². The average Bonchev–Trinajstić information content (AvgIpc) is 3.26. The van der Waals surface area contributed by atoms with Crippen LogP contribution in [0.25, 0.3) is 0 Å². The second-order valence-electron chi connectivity index (χ2n) is 10.1. The van der Waals surface area contributed by atoms with Gasteiger partial charge in [0.15, 0.2) is 11.5 Å². The standard InChI is InChI=1S/C24H28F4N4O4/c1-23(35-2)11-31(12-23)22-30-19(18(36-22)10-24(26,27)28)21(34)29-13-8-16(25)20(17(33)9-13)32-14-4-3-5-15(32)7-6-14/h8-9,14-15,33H,3-7,10-12H2,1-2H3,(H,29,34). The molecule has 2 N–H and O–H groups in total. The van der Waals surface area contributed by atoms with Crippen LogP contribution in [0.15, 0.2) is 16.5 Å². The Balaban J connectivity index is 1.38. The largest absolute Gasteiger partial charge is 0.506 e. The number of oxazole rings is 1. The molecule has 0 radical (unpaired) electrons. The monoisotopic (exact) mass is 512 g/mol. The molecule has 3 saturated heterocycles. The van der Waals surface area contributed by atoms with E-state index in [0.29, 0.717) is 13.1 Å². The van der Waals surface area contributed by atoms with Crippen LogP contribution in [0.3, 0.4) is 0 Å². The van der Waals surface area contributed by atoms with E-state index in [4.69, 9.17) is 9.15 Å². The molecule has 4 heterocycles. The zero-order chi connectivity index (χ0) is 25.8. The van der Waals surface area contributed by atoms with Gasteiger partial charge in [0, 0.05) is 30.9 Å². The summed E-state index contributed by atoms with van der Waals surface area (Å²) >= 11 is 0. The Labute approximate surface area is 205 Å². The van der Waals surface area contributed by atoms with E-state index in [9.17, 15) is 23.1 Å². The number of hydrogen-bond acceptors (Lipinski definition) is 7. The Hall–Kier alpha value is -3.02. The number of aromatic hydroxyl groups is 1. The predicted octanol–water partition coefficient (Wildman–Crippen LogP) is 4.62. The van der Waals surface area contributed by atoms with Crippen molar-refractivity contribution in [2.45, 2.75) is 69.3 Å². The van der Waals surface area contributed by atoms with Gasteiger partial charge in [-0.2, -0.15) is 18.2 Å². The molecule has 3 aliphatic heterocycles. The number of anilines is 3. The lowest BCUT2D eigenvalue weighted by Crippen LogP contribution is -2.61. The van der Waals surface area contributed by atoms with E-state index in [1.54, 1.807) is 4.90 Å². The number of nitrogens with one attached hydrogen (secondary N) is 1. The van der Waals surface area contributed by atoms with E-state index in [1.807, 2.05) is 11.8 Å². The number of carbonyl (C=O) groups excluding carboxylic acids is 1. The summed E-state index contributed by atoms with van der Waals surface area (Å²) in [5, 5.41) is 13.0. The number of alkyl halides is 3. The van der Waals surface area contributed by atoms with Gasteiger partial charge in [-0.3, -0.25) is 4.79 Å². The first-order valence-corrected chi connectivity index (χ1v) is 11.9. The fourth-order valence-electron chi connectivity index (χ4n) is 5.56. The van der Waals surface area contributed by atoms with Crippen LogP contribution >= 0.6 is 0 Å². The third-order valence-corrected chi connectivity index (χ3v) is 7.33. The third kappa shape index (κ3) is 4.58. The lowest BCUT2D eigenvalue weighted by molar-refractivity contribution is -0.130. The highest BCUT2D eigenvalue weighted by Crippen LogP contribution is 2.45. The number of piperidine rings is 1. The summed E-state index contributed by atoms with van der Waals surface area (Å²) < 4.78 is 65.2. The number of methoxy groups -OCH3 is 1. The first-order valence-electron chi connectivity index (χ1n) is 11.9. The fraction of sp³-hybridized carbons (Fsp3) is 0.583. The topological polar surface area (TPSA) is 91.1 Å². The molecular weight excluding hydrogens is 484 g/mol. The summed E-state index contributed by atoms with van der Waals surface area (Å²) in [6.45, 7) is 2.49. The number of nitrogens with zero attached hydrogens (tertiary/aromatic N) is 3. The summed E-state index contributed by atoms with van der Waals surface area (Å²) in [5.41, 5.74) is -1.04. The van der Waals surface area contributed by atoms with Gasteiger partial charge in [0.25, 0.3) is 11.9 Å². The van der Waals surface area contributed by atoms with Crippen molar-refractivity contribution in [1.29, 1.82) is 0 Å². The number of carbonyl (C=O) groups is 1. The Morgan fingerprint density at radius 3 is 2.50 bits per heavy atom. The molecule has 2 bridgehead atoms. The highest BCUT2D eigenvalue weighted by atomic mass is 19.4. The number of phenols is 1. The number of benzene rings is 1. The summed E-state index contributed by atoms with van der Waals surface area (Å²) in [6, 6.07) is 2.45. The fourth-order valence-corrected chi connectivity index (χ4v) is 5.56. The lowest BCUT2D eigenvalue weighted by atomic mass is 9.97. The Morgan fingerprint density at radius 2 is 1.92 bits per heavy atom. The van der Waals surface area contributed by atoms with Crippen LogP contribution in [-0.4, -0.2) is 60.1 Å². The van der Waals surface area contributed by atoms with Gasteiger partial charge in [0.05, 0.1) is 13.1 Å². The first kappa shape index (κ1) is 24.7. The molecule has 1 aromatic carbocycles. The van der Waals surface area contributed by atoms with Crippen molar-refractivity contribution in [2.24, 2.45) is 0 Å². The van der Waals surface area contributed by atoms with Gasteiger partial charge in [-0.15, -0.1) is 0 Å². The molecule has 8 nitrogen and oxygen atoms in total. The van der Waals surface area contributed by atoms with Gasteiger partial charge in [0.2, 0.25) is 0 Å². The van der Waals surface area contributed by atoms with Gasteiger partial charge in [-0.25, -0.2) is 4.39 Å². The van der Waals surface area contributed by atoms with Crippen molar-refractivity contribution in [2.75, 3.05) is 35.3 Å². The zero-order valence-corrected chi connectivity index (χ0v) is 20.0. The summed E-state index contributed by atoms with van der Waals surface area (Å²) in [4.78, 5) is 20.4. The number of aromatic nitrogens is 1. The minimum Gasteiger partial charge on any atom is -0.506 e. The predicted molar refractivity (Wildman–Crippen MR) is 123 cm³/mol. The van der Waals surface area contributed by atoms with Crippen LogP contribution in [0.2, 0.25) is 0 Å². The molecule has 12 heteroatoms. The van der Waals surface area contributed by atoms with Gasteiger partial charge in [0.1, 0.15) is 29.2 Å². The Bertz CT molecular complexity index is 1120. The molecule has 2 unspecified atom stereocenters. The molecule has 0 saturated carbocycles. The van der Waals surface area contributed by atoms with E-state index < -0.39 is 41.4 Å². The average molecular weight is 513 g/mol. The number of hydrogen-bond donors (Lipinski definition) is 2. The molecule has 3 fully saturated rings. The summed E-state index contributed by atoms with van der Waals surface area (Å²) in [5.74, 6) is -2.68. The quantitative estimate of drug-likeness (QED) is 0.546. The highest BCUT2D eigenvalue weighted by Gasteiger charge is 2.43. The Kier molecular flexibility index (Phi) is 6.05. The maximum Gasteiger partial charge on any atom is 0.396 e. The van der Waals surface area contributed by atoms with Gasteiger partial charge in [-0.1, -0.05) is 0 Å². The zero-order valence-electron chi connectivity index (χ0n) is 20.0. The molecule has 3 aliphatic rings. The highest BCUT2D eigenvalue weighted by molar-refractivity contribution is 6.04. The minimum absolute atomic E-state index is 0.0958. The molecular formula is C24H28F4N4O4. The smallest absolute Gasteiger partial charge is 0.396 e.